The highest BCUT2D eigenvalue weighted by Gasteiger charge is 2.17. The smallest absolute Gasteiger partial charge is 0.155 e. The van der Waals surface area contributed by atoms with Crippen LogP contribution in [-0.4, -0.2) is 16.5 Å². The van der Waals surface area contributed by atoms with Crippen LogP contribution in [0.4, 0.5) is 10.1 Å². The minimum atomic E-state index is -0.301. The molecular weight excluding hydrogens is 339 g/mol. The summed E-state index contributed by atoms with van der Waals surface area (Å²) < 4.78 is 13.3. The highest BCUT2D eigenvalue weighted by molar-refractivity contribution is 6.31. The standard InChI is InChI=1S/C19H12ClFN4/c20-14-5-8-17-16(10-14)18(12-3-6-15(21)7-4-12)24-25-19(23-17)13-2-1-9-22-11-13/h1-11H,(H,23,25). The van der Waals surface area contributed by atoms with Gasteiger partial charge in [-0.2, -0.15) is 5.10 Å². The molecule has 1 aliphatic heterocycles. The van der Waals surface area contributed by atoms with E-state index in [0.29, 0.717) is 16.6 Å². The number of hydrogen-bond acceptors (Lipinski definition) is 4. The fourth-order valence-electron chi connectivity index (χ4n) is 2.57. The highest BCUT2D eigenvalue weighted by Crippen LogP contribution is 2.28. The van der Waals surface area contributed by atoms with E-state index < -0.39 is 0 Å². The van der Waals surface area contributed by atoms with E-state index in [-0.39, 0.29) is 5.82 Å². The average Bonchev–Trinajstić information content (AvgIpc) is 2.83. The Bertz CT molecular complexity index is 982. The van der Waals surface area contributed by atoms with Crippen molar-refractivity contribution in [3.8, 4) is 0 Å². The molecule has 4 nitrogen and oxygen atoms in total. The Morgan fingerprint density at radius 2 is 1.80 bits per heavy atom. The molecule has 0 saturated carbocycles. The molecule has 3 aromatic rings. The molecule has 122 valence electrons. The van der Waals surface area contributed by atoms with Gasteiger partial charge in [-0.1, -0.05) is 11.6 Å². The number of amidine groups is 1. The van der Waals surface area contributed by atoms with Crippen LogP contribution in [0.5, 0.6) is 0 Å². The molecule has 25 heavy (non-hydrogen) atoms. The molecule has 0 atom stereocenters. The second kappa shape index (κ2) is 6.45. The van der Waals surface area contributed by atoms with Gasteiger partial charge in [0.1, 0.15) is 11.5 Å². The molecule has 0 spiro atoms. The maximum Gasteiger partial charge on any atom is 0.155 e. The summed E-state index contributed by atoms with van der Waals surface area (Å²) in [5.41, 5.74) is 6.69. The first-order chi connectivity index (χ1) is 12.2. The Morgan fingerprint density at radius 3 is 2.56 bits per heavy atom. The van der Waals surface area contributed by atoms with Gasteiger partial charge in [-0.05, 0) is 54.6 Å². The normalized spacial score (nSPS) is 13.2. The van der Waals surface area contributed by atoms with Gasteiger partial charge in [0.15, 0.2) is 5.84 Å². The molecule has 0 fully saturated rings. The van der Waals surface area contributed by atoms with E-state index in [4.69, 9.17) is 11.6 Å². The van der Waals surface area contributed by atoms with E-state index in [1.54, 1.807) is 36.7 Å². The van der Waals surface area contributed by atoms with Crippen molar-refractivity contribution in [1.29, 1.82) is 0 Å². The molecule has 1 aliphatic rings. The van der Waals surface area contributed by atoms with Crippen LogP contribution >= 0.6 is 11.6 Å². The summed E-state index contributed by atoms with van der Waals surface area (Å²) in [6.07, 6.45) is 3.40. The minimum absolute atomic E-state index is 0.301. The fraction of sp³-hybridized carbons (Fsp3) is 0. The van der Waals surface area contributed by atoms with Crippen LogP contribution in [0, 0.1) is 5.82 Å². The van der Waals surface area contributed by atoms with Crippen molar-refractivity contribution in [2.75, 3.05) is 0 Å². The van der Waals surface area contributed by atoms with Crippen LogP contribution in [0.3, 0.4) is 0 Å². The summed E-state index contributed by atoms with van der Waals surface area (Å²) in [4.78, 5) is 8.78. The van der Waals surface area contributed by atoms with E-state index >= 15 is 0 Å². The second-order valence-corrected chi connectivity index (χ2v) is 5.88. The summed E-state index contributed by atoms with van der Waals surface area (Å²) in [7, 11) is 0. The lowest BCUT2D eigenvalue weighted by atomic mass is 10.0. The van der Waals surface area contributed by atoms with Crippen molar-refractivity contribution < 1.29 is 4.39 Å². The van der Waals surface area contributed by atoms with Gasteiger partial charge in [0.05, 0.1) is 5.69 Å². The Balaban J connectivity index is 1.87. The number of nitrogens with one attached hydrogen (secondary N) is 1. The quantitative estimate of drug-likeness (QED) is 0.748. The maximum absolute atomic E-state index is 13.3. The van der Waals surface area contributed by atoms with Gasteiger partial charge >= 0.3 is 0 Å². The van der Waals surface area contributed by atoms with Crippen LogP contribution in [0.2, 0.25) is 5.02 Å². The molecule has 2 aromatic carbocycles. The third-order valence-electron chi connectivity index (χ3n) is 3.77. The van der Waals surface area contributed by atoms with Crippen LogP contribution in [0.1, 0.15) is 16.7 Å². The van der Waals surface area contributed by atoms with Crippen molar-refractivity contribution >= 4 is 28.8 Å². The Morgan fingerprint density at radius 1 is 0.960 bits per heavy atom. The van der Waals surface area contributed by atoms with Crippen LogP contribution in [-0.2, 0) is 0 Å². The van der Waals surface area contributed by atoms with Crippen molar-refractivity contribution in [3.63, 3.8) is 0 Å². The molecule has 1 N–H and O–H groups in total. The van der Waals surface area contributed by atoms with Crippen molar-refractivity contribution in [2.45, 2.75) is 0 Å². The predicted molar refractivity (Wildman–Crippen MR) is 97.1 cm³/mol. The second-order valence-electron chi connectivity index (χ2n) is 5.44. The van der Waals surface area contributed by atoms with E-state index in [1.807, 2.05) is 18.2 Å². The SMILES string of the molecule is Fc1ccc(C2=NNC(c3cccnc3)=Nc3ccc(Cl)cc32)cc1. The zero-order valence-electron chi connectivity index (χ0n) is 12.9. The van der Waals surface area contributed by atoms with E-state index in [2.05, 4.69) is 20.5 Å². The van der Waals surface area contributed by atoms with E-state index in [1.165, 1.54) is 12.1 Å². The third kappa shape index (κ3) is 3.14. The first kappa shape index (κ1) is 15.5. The number of pyridine rings is 1. The molecule has 4 rings (SSSR count). The average molecular weight is 351 g/mol. The van der Waals surface area contributed by atoms with Gasteiger partial charge < -0.3 is 0 Å². The summed E-state index contributed by atoms with van der Waals surface area (Å²) in [5.74, 6) is 0.276. The molecule has 2 heterocycles. The number of aliphatic imine (C=N–C) groups is 1. The lowest BCUT2D eigenvalue weighted by Gasteiger charge is -2.08. The number of rotatable bonds is 2. The molecule has 6 heteroatoms. The predicted octanol–water partition coefficient (Wildman–Crippen LogP) is 4.31. The number of halogens is 2. The first-order valence-corrected chi connectivity index (χ1v) is 7.97. The Kier molecular flexibility index (Phi) is 3.99. The third-order valence-corrected chi connectivity index (χ3v) is 4.01. The highest BCUT2D eigenvalue weighted by atomic mass is 35.5. The zero-order valence-corrected chi connectivity index (χ0v) is 13.7. The summed E-state index contributed by atoms with van der Waals surface area (Å²) in [6, 6.07) is 15.3. The van der Waals surface area contributed by atoms with Gasteiger partial charge in [0, 0.05) is 34.1 Å². The van der Waals surface area contributed by atoms with Gasteiger partial charge in [-0.15, -0.1) is 0 Å². The summed E-state index contributed by atoms with van der Waals surface area (Å²) in [5, 5.41) is 5.07. The lowest BCUT2D eigenvalue weighted by Crippen LogP contribution is -2.19. The number of hydrazone groups is 1. The minimum Gasteiger partial charge on any atom is -0.264 e. The molecular formula is C19H12ClFN4. The van der Waals surface area contributed by atoms with Gasteiger partial charge in [-0.25, -0.2) is 9.38 Å². The van der Waals surface area contributed by atoms with E-state index in [0.717, 1.165) is 22.4 Å². The molecule has 0 amide bonds. The Hall–Kier alpha value is -3.05. The molecule has 0 unspecified atom stereocenters. The summed E-state index contributed by atoms with van der Waals surface area (Å²) >= 11 is 6.17. The molecule has 0 saturated heterocycles. The molecule has 1 aromatic heterocycles. The van der Waals surface area contributed by atoms with Crippen LogP contribution in [0.25, 0.3) is 0 Å². The van der Waals surface area contributed by atoms with Gasteiger partial charge in [0.25, 0.3) is 0 Å². The van der Waals surface area contributed by atoms with Crippen LogP contribution < -0.4 is 5.43 Å². The van der Waals surface area contributed by atoms with E-state index in [9.17, 15) is 4.39 Å². The van der Waals surface area contributed by atoms with Gasteiger partial charge in [-0.3, -0.25) is 10.4 Å². The zero-order chi connectivity index (χ0) is 17.2. The molecule has 0 radical (unpaired) electrons. The fourth-order valence-corrected chi connectivity index (χ4v) is 2.74. The van der Waals surface area contributed by atoms with Crippen molar-refractivity contribution in [1.82, 2.24) is 10.4 Å². The maximum atomic E-state index is 13.3. The topological polar surface area (TPSA) is 49.6 Å². The van der Waals surface area contributed by atoms with Crippen molar-refractivity contribution in [3.05, 3.63) is 94.5 Å². The largest absolute Gasteiger partial charge is 0.264 e. The first-order valence-electron chi connectivity index (χ1n) is 7.59. The monoisotopic (exact) mass is 350 g/mol. The van der Waals surface area contributed by atoms with Crippen molar-refractivity contribution in [2.24, 2.45) is 10.1 Å². The number of hydrogen-bond donors (Lipinski definition) is 1. The van der Waals surface area contributed by atoms with Gasteiger partial charge in [0.2, 0.25) is 0 Å². The lowest BCUT2D eigenvalue weighted by molar-refractivity contribution is 0.628. The number of benzene rings is 2. The van der Waals surface area contributed by atoms with Crippen LogP contribution in [0.15, 0.2) is 77.1 Å². The summed E-state index contributed by atoms with van der Waals surface area (Å²) in [6.45, 7) is 0. The molecule has 0 bridgehead atoms. The molecule has 0 aliphatic carbocycles. The Labute approximate surface area is 148 Å². The number of nitrogens with zero attached hydrogens (tertiary/aromatic N) is 3. The number of fused-ring (bicyclic) bond motifs is 1. The number of aromatic nitrogens is 1.